The van der Waals surface area contributed by atoms with Crippen LogP contribution in [0.5, 0.6) is 0 Å². The average molecular weight is 630 g/mol. The van der Waals surface area contributed by atoms with Gasteiger partial charge in [0.25, 0.3) is 0 Å². The van der Waals surface area contributed by atoms with Gasteiger partial charge < -0.3 is 20.3 Å². The normalized spacial score (nSPS) is 25.0. The molecule has 43 heavy (non-hydrogen) atoms. The highest BCUT2D eigenvalue weighted by Gasteiger charge is 2.47. The van der Waals surface area contributed by atoms with Gasteiger partial charge in [0.05, 0.1) is 28.7 Å². The number of amides is 2. The Morgan fingerprint density at radius 1 is 1.05 bits per heavy atom. The van der Waals surface area contributed by atoms with Crippen molar-refractivity contribution in [3.05, 3.63) is 69.7 Å². The zero-order valence-electron chi connectivity index (χ0n) is 24.8. The Morgan fingerprint density at radius 3 is 2.58 bits per heavy atom. The lowest BCUT2D eigenvalue weighted by atomic mass is 10.0. The minimum Gasteiger partial charge on any atom is -0.466 e. The molecule has 232 valence electrons. The maximum absolute atomic E-state index is 14.4. The smallest absolute Gasteiger partial charge is 0.305 e. The van der Waals surface area contributed by atoms with Gasteiger partial charge in [0.1, 0.15) is 6.04 Å². The van der Waals surface area contributed by atoms with Gasteiger partial charge in [0.15, 0.2) is 0 Å². The second-order valence-electron chi connectivity index (χ2n) is 11.9. The van der Waals surface area contributed by atoms with Crippen LogP contribution >= 0.6 is 23.2 Å². The first kappa shape index (κ1) is 31.8. The molecule has 0 bridgehead atoms. The van der Waals surface area contributed by atoms with Crippen molar-refractivity contribution < 1.29 is 19.1 Å². The van der Waals surface area contributed by atoms with Crippen molar-refractivity contribution in [1.82, 2.24) is 14.7 Å². The Morgan fingerprint density at radius 2 is 1.84 bits per heavy atom. The van der Waals surface area contributed by atoms with Crippen LogP contribution in [0.25, 0.3) is 0 Å². The zero-order valence-corrected chi connectivity index (χ0v) is 26.3. The minimum absolute atomic E-state index is 0.0602. The number of aryl methyl sites for hydroxylation is 1. The lowest BCUT2D eigenvalue weighted by Crippen LogP contribution is -2.54. The van der Waals surface area contributed by atoms with E-state index in [1.54, 1.807) is 17.9 Å². The van der Waals surface area contributed by atoms with Gasteiger partial charge >= 0.3 is 5.97 Å². The van der Waals surface area contributed by atoms with Crippen LogP contribution in [-0.2, 0) is 25.5 Å². The molecule has 5 rings (SSSR count). The molecule has 0 spiro atoms. The summed E-state index contributed by atoms with van der Waals surface area (Å²) in [6, 6.07) is 14.6. The van der Waals surface area contributed by atoms with E-state index in [-0.39, 0.29) is 61.4 Å². The first-order valence-electron chi connectivity index (χ1n) is 15.5. The van der Waals surface area contributed by atoms with Crippen molar-refractivity contribution in [1.29, 1.82) is 0 Å². The van der Waals surface area contributed by atoms with E-state index in [0.717, 1.165) is 37.7 Å². The molecule has 2 aromatic rings. The summed E-state index contributed by atoms with van der Waals surface area (Å²) in [6.07, 6.45) is 5.00. The number of nitrogens with two attached hydrogens (primary N) is 1. The highest BCUT2D eigenvalue weighted by molar-refractivity contribution is 6.42. The number of likely N-dealkylation sites (tertiary alicyclic amines) is 1. The number of ether oxygens (including phenoxy) is 1. The third kappa shape index (κ3) is 7.36. The van der Waals surface area contributed by atoms with Crippen LogP contribution in [0.2, 0.25) is 10.0 Å². The lowest BCUT2D eigenvalue weighted by Gasteiger charge is -2.36. The predicted molar refractivity (Wildman–Crippen MR) is 168 cm³/mol. The van der Waals surface area contributed by atoms with Gasteiger partial charge in [-0.25, -0.2) is 0 Å². The molecule has 2 aromatic carbocycles. The summed E-state index contributed by atoms with van der Waals surface area (Å²) in [5.41, 5.74) is 8.61. The summed E-state index contributed by atoms with van der Waals surface area (Å²) < 4.78 is 5.21. The van der Waals surface area contributed by atoms with E-state index < -0.39 is 6.04 Å². The Labute approximate surface area is 264 Å². The van der Waals surface area contributed by atoms with E-state index in [1.165, 1.54) is 5.56 Å². The van der Waals surface area contributed by atoms with Gasteiger partial charge in [0.2, 0.25) is 11.8 Å². The summed E-state index contributed by atoms with van der Waals surface area (Å²) in [4.78, 5) is 47.1. The Kier molecular flexibility index (Phi) is 10.7. The number of hydrogen-bond acceptors (Lipinski definition) is 6. The summed E-state index contributed by atoms with van der Waals surface area (Å²) >= 11 is 12.5. The monoisotopic (exact) mass is 628 g/mol. The highest BCUT2D eigenvalue weighted by atomic mass is 35.5. The molecule has 5 atom stereocenters. The molecule has 3 aliphatic rings. The van der Waals surface area contributed by atoms with Crippen molar-refractivity contribution in [3.8, 4) is 0 Å². The molecule has 1 unspecified atom stereocenters. The van der Waals surface area contributed by atoms with Gasteiger partial charge in [-0.3, -0.25) is 19.3 Å². The molecule has 3 saturated heterocycles. The number of rotatable bonds is 10. The number of fused-ring (bicyclic) bond motifs is 1. The van der Waals surface area contributed by atoms with Crippen LogP contribution in [0.1, 0.15) is 69.0 Å². The fourth-order valence-corrected chi connectivity index (χ4v) is 7.39. The van der Waals surface area contributed by atoms with E-state index in [2.05, 4.69) is 17.0 Å². The third-order valence-electron chi connectivity index (χ3n) is 9.17. The Hall–Kier alpha value is -2.65. The van der Waals surface area contributed by atoms with Gasteiger partial charge in [-0.1, -0.05) is 59.6 Å². The largest absolute Gasteiger partial charge is 0.466 e. The predicted octanol–water partition coefficient (Wildman–Crippen LogP) is 5.00. The van der Waals surface area contributed by atoms with Crippen LogP contribution in [0.3, 0.4) is 0 Å². The molecule has 3 fully saturated rings. The first-order chi connectivity index (χ1) is 20.8. The average Bonchev–Trinajstić information content (AvgIpc) is 3.62. The molecule has 0 radical (unpaired) electrons. The van der Waals surface area contributed by atoms with Crippen LogP contribution < -0.4 is 5.73 Å². The second kappa shape index (κ2) is 14.4. The molecule has 0 saturated carbocycles. The molecule has 0 aromatic heterocycles. The molecule has 10 heteroatoms. The third-order valence-corrected chi connectivity index (χ3v) is 9.91. The van der Waals surface area contributed by atoms with Gasteiger partial charge in [-0.05, 0) is 75.1 Å². The maximum Gasteiger partial charge on any atom is 0.305 e. The number of esters is 1. The van der Waals surface area contributed by atoms with Crippen LogP contribution in [-0.4, -0.2) is 82.9 Å². The summed E-state index contributed by atoms with van der Waals surface area (Å²) in [5.74, 6) is -0.569. The van der Waals surface area contributed by atoms with E-state index in [9.17, 15) is 14.4 Å². The molecule has 8 nitrogen and oxygen atoms in total. The number of nitrogens with zero attached hydrogens (tertiary/aromatic N) is 3. The molecule has 3 heterocycles. The number of benzene rings is 2. The van der Waals surface area contributed by atoms with E-state index >= 15 is 0 Å². The maximum atomic E-state index is 14.4. The van der Waals surface area contributed by atoms with Crippen molar-refractivity contribution >= 4 is 41.0 Å². The fourth-order valence-electron chi connectivity index (χ4n) is 7.08. The number of halogens is 2. The zero-order chi connectivity index (χ0) is 30.5. The van der Waals surface area contributed by atoms with E-state index in [4.69, 9.17) is 33.7 Å². The first-order valence-corrected chi connectivity index (χ1v) is 16.3. The number of carbonyl (C=O) groups is 3. The summed E-state index contributed by atoms with van der Waals surface area (Å²) in [5, 5.41) is 0.907. The van der Waals surface area contributed by atoms with Crippen molar-refractivity contribution in [2.75, 3.05) is 26.2 Å². The molecule has 3 aliphatic heterocycles. The van der Waals surface area contributed by atoms with Crippen molar-refractivity contribution in [2.45, 2.75) is 88.5 Å². The standard InChI is InChI=1S/C33H42Cl2N4O4/c1-2-43-31(40)15-14-29(32(41)37-17-6-9-28(37)23-11-13-26(34)27(35)19-23)38-18-16-25(12-10-22-7-4-3-5-8-22)39-21-24(36)20-30(39)33(38)42/h3-5,7-8,11,13,19,24-25,28-30H,2,6,9-10,12,14-18,20-21,36H2,1H3/t24-,25?,28+,29-,30+/m1/s1. The van der Waals surface area contributed by atoms with Crippen LogP contribution in [0.15, 0.2) is 48.5 Å². The molecule has 2 N–H and O–H groups in total. The number of carbonyl (C=O) groups excluding carboxylic acids is 3. The fraction of sp³-hybridized carbons (Fsp3) is 0.545. The highest BCUT2D eigenvalue weighted by Crippen LogP contribution is 2.37. The molecule has 0 aliphatic carbocycles. The Balaban J connectivity index is 1.40. The Bertz CT molecular complexity index is 1290. The lowest BCUT2D eigenvalue weighted by molar-refractivity contribution is -0.150. The topological polar surface area (TPSA) is 96.2 Å². The van der Waals surface area contributed by atoms with E-state index in [1.807, 2.05) is 35.2 Å². The second-order valence-corrected chi connectivity index (χ2v) is 12.7. The molecule has 2 amide bonds. The molecular formula is C33H42Cl2N4O4. The van der Waals surface area contributed by atoms with Gasteiger partial charge in [0, 0.05) is 38.1 Å². The number of hydrogen-bond donors (Lipinski definition) is 1. The van der Waals surface area contributed by atoms with Crippen molar-refractivity contribution in [3.63, 3.8) is 0 Å². The summed E-state index contributed by atoms with van der Waals surface area (Å²) in [6.45, 7) is 3.71. The minimum atomic E-state index is -0.771. The van der Waals surface area contributed by atoms with E-state index in [0.29, 0.717) is 36.1 Å². The van der Waals surface area contributed by atoms with Crippen LogP contribution in [0.4, 0.5) is 0 Å². The van der Waals surface area contributed by atoms with Crippen LogP contribution in [0, 0.1) is 0 Å². The van der Waals surface area contributed by atoms with Gasteiger partial charge in [-0.15, -0.1) is 0 Å². The van der Waals surface area contributed by atoms with Gasteiger partial charge in [-0.2, -0.15) is 0 Å². The van der Waals surface area contributed by atoms with Crippen molar-refractivity contribution in [2.24, 2.45) is 5.73 Å². The summed E-state index contributed by atoms with van der Waals surface area (Å²) in [7, 11) is 0. The quantitative estimate of drug-likeness (QED) is 0.372. The molecular weight excluding hydrogens is 587 g/mol. The SMILES string of the molecule is CCOC(=O)CC[C@H](C(=O)N1CCC[C@H]1c1ccc(Cl)c(Cl)c1)N1CCC(CCc2ccccc2)N2C[C@H](N)C[C@H]2C1=O.